The Hall–Kier alpha value is -1.23. The highest BCUT2D eigenvalue weighted by molar-refractivity contribution is 7.91. The summed E-state index contributed by atoms with van der Waals surface area (Å²) in [5.41, 5.74) is 1.79. The number of nitro groups is 1. The standard InChI is InChI=1S/C10H18N4O4S2/c1-4-7(6(2)3)13-20(17,18)9-5-8(14(15)16)10(12-11)19-9/h5-7,12-13H,4,11H2,1-3H3. The van der Waals surface area contributed by atoms with Gasteiger partial charge in [-0.25, -0.2) is 19.0 Å². The monoisotopic (exact) mass is 322 g/mol. The van der Waals surface area contributed by atoms with Crippen molar-refractivity contribution in [2.24, 2.45) is 11.8 Å². The Kier molecular flexibility index (Phi) is 5.45. The zero-order chi connectivity index (χ0) is 15.5. The predicted octanol–water partition coefficient (Wildman–Crippen LogP) is 1.65. The van der Waals surface area contributed by atoms with Crippen LogP contribution >= 0.6 is 11.3 Å². The Morgan fingerprint density at radius 1 is 1.50 bits per heavy atom. The molecule has 0 saturated heterocycles. The number of thiophene rings is 1. The summed E-state index contributed by atoms with van der Waals surface area (Å²) in [4.78, 5) is 10.1. The SMILES string of the molecule is CCC(NS(=O)(=O)c1cc([N+](=O)[O-])c(NN)s1)C(C)C. The number of nitrogens with two attached hydrogens (primary N) is 1. The van der Waals surface area contributed by atoms with Crippen LogP contribution in [0, 0.1) is 16.0 Å². The number of nitrogen functional groups attached to an aromatic ring is 1. The van der Waals surface area contributed by atoms with Gasteiger partial charge in [-0.2, -0.15) is 0 Å². The number of anilines is 1. The average molecular weight is 322 g/mol. The Labute approximate surface area is 121 Å². The third-order valence-corrected chi connectivity index (χ3v) is 5.85. The van der Waals surface area contributed by atoms with Crippen LogP contribution in [0.4, 0.5) is 10.7 Å². The maximum atomic E-state index is 12.2. The van der Waals surface area contributed by atoms with Crippen LogP contribution in [-0.2, 0) is 10.0 Å². The minimum atomic E-state index is -3.79. The van der Waals surface area contributed by atoms with Gasteiger partial charge in [0, 0.05) is 12.1 Å². The van der Waals surface area contributed by atoms with Crippen molar-refractivity contribution >= 4 is 32.0 Å². The highest BCUT2D eigenvalue weighted by atomic mass is 32.2. The zero-order valence-electron chi connectivity index (χ0n) is 11.4. The fraction of sp³-hybridized carbons (Fsp3) is 0.600. The van der Waals surface area contributed by atoms with Gasteiger partial charge in [0.1, 0.15) is 4.21 Å². The number of sulfonamides is 1. The van der Waals surface area contributed by atoms with Gasteiger partial charge in [-0.05, 0) is 12.3 Å². The molecule has 0 fully saturated rings. The molecule has 8 nitrogen and oxygen atoms in total. The van der Waals surface area contributed by atoms with Crippen LogP contribution in [0.3, 0.4) is 0 Å². The van der Waals surface area contributed by atoms with E-state index in [-0.39, 0.29) is 26.9 Å². The maximum Gasteiger partial charge on any atom is 0.306 e. The van der Waals surface area contributed by atoms with Gasteiger partial charge in [-0.3, -0.25) is 10.1 Å². The van der Waals surface area contributed by atoms with Crippen molar-refractivity contribution in [2.75, 3.05) is 5.43 Å². The van der Waals surface area contributed by atoms with Crippen LogP contribution in [-0.4, -0.2) is 19.4 Å². The first kappa shape index (κ1) is 16.8. The van der Waals surface area contributed by atoms with Crippen molar-refractivity contribution in [3.63, 3.8) is 0 Å². The van der Waals surface area contributed by atoms with Gasteiger partial charge in [0.15, 0.2) is 5.00 Å². The minimum absolute atomic E-state index is 0.00738. The smallest absolute Gasteiger partial charge is 0.306 e. The first-order valence-corrected chi connectivity index (χ1v) is 8.30. The molecule has 1 atom stereocenters. The third kappa shape index (κ3) is 3.66. The summed E-state index contributed by atoms with van der Waals surface area (Å²) < 4.78 is 26.9. The molecule has 0 amide bonds. The first-order valence-electron chi connectivity index (χ1n) is 6.00. The van der Waals surface area contributed by atoms with Crippen molar-refractivity contribution in [3.05, 3.63) is 16.2 Å². The van der Waals surface area contributed by atoms with Crippen LogP contribution in [0.2, 0.25) is 0 Å². The summed E-state index contributed by atoms with van der Waals surface area (Å²) in [6.07, 6.45) is 0.631. The van der Waals surface area contributed by atoms with E-state index in [2.05, 4.69) is 10.1 Å². The topological polar surface area (TPSA) is 127 Å². The molecular weight excluding hydrogens is 304 g/mol. The van der Waals surface area contributed by atoms with Gasteiger partial charge in [0.25, 0.3) is 10.0 Å². The van der Waals surface area contributed by atoms with Crippen LogP contribution in [0.1, 0.15) is 27.2 Å². The van der Waals surface area contributed by atoms with Gasteiger partial charge in [0.2, 0.25) is 0 Å². The molecule has 20 heavy (non-hydrogen) atoms. The summed E-state index contributed by atoms with van der Waals surface area (Å²) in [7, 11) is -3.79. The molecule has 0 bridgehead atoms. The third-order valence-electron chi connectivity index (χ3n) is 2.83. The molecule has 114 valence electrons. The maximum absolute atomic E-state index is 12.2. The number of nitrogens with zero attached hydrogens (tertiary/aromatic N) is 1. The van der Waals surface area contributed by atoms with Gasteiger partial charge in [-0.15, -0.1) is 0 Å². The molecule has 1 heterocycles. The van der Waals surface area contributed by atoms with E-state index in [0.29, 0.717) is 6.42 Å². The van der Waals surface area contributed by atoms with E-state index in [0.717, 1.165) is 17.4 Å². The number of hydrogen-bond donors (Lipinski definition) is 3. The number of hydrogen-bond acceptors (Lipinski definition) is 7. The molecule has 10 heteroatoms. The summed E-state index contributed by atoms with van der Waals surface area (Å²) in [5, 5.41) is 10.8. The lowest BCUT2D eigenvalue weighted by molar-refractivity contribution is -0.383. The van der Waals surface area contributed by atoms with Crippen molar-refractivity contribution in [2.45, 2.75) is 37.4 Å². The minimum Gasteiger partial charge on any atom is -0.310 e. The molecule has 1 unspecified atom stereocenters. The first-order chi connectivity index (χ1) is 9.22. The molecule has 0 spiro atoms. The molecule has 0 aliphatic rings. The lowest BCUT2D eigenvalue weighted by atomic mass is 10.0. The molecule has 1 aromatic rings. The second kappa shape index (κ2) is 6.48. The highest BCUT2D eigenvalue weighted by Gasteiger charge is 2.28. The summed E-state index contributed by atoms with van der Waals surface area (Å²) in [6.45, 7) is 5.68. The fourth-order valence-electron chi connectivity index (χ4n) is 1.68. The molecule has 0 saturated carbocycles. The van der Waals surface area contributed by atoms with Crippen LogP contribution in [0.5, 0.6) is 0 Å². The quantitative estimate of drug-likeness (QED) is 0.398. The molecule has 1 aromatic heterocycles. The van der Waals surface area contributed by atoms with Gasteiger partial charge >= 0.3 is 5.69 Å². The number of nitrogens with one attached hydrogen (secondary N) is 2. The zero-order valence-corrected chi connectivity index (χ0v) is 13.0. The van der Waals surface area contributed by atoms with Crippen LogP contribution in [0.15, 0.2) is 10.3 Å². The van der Waals surface area contributed by atoms with Crippen molar-refractivity contribution in [1.82, 2.24) is 4.72 Å². The molecule has 0 aliphatic heterocycles. The van der Waals surface area contributed by atoms with Crippen LogP contribution in [0.25, 0.3) is 0 Å². The van der Waals surface area contributed by atoms with E-state index in [1.165, 1.54) is 0 Å². The van der Waals surface area contributed by atoms with Crippen molar-refractivity contribution in [3.8, 4) is 0 Å². The average Bonchev–Trinajstić information content (AvgIpc) is 2.80. The summed E-state index contributed by atoms with van der Waals surface area (Å²) >= 11 is 0.731. The van der Waals surface area contributed by atoms with Gasteiger partial charge < -0.3 is 5.43 Å². The molecule has 1 rings (SSSR count). The van der Waals surface area contributed by atoms with Crippen LogP contribution < -0.4 is 16.0 Å². The second-order valence-corrected chi connectivity index (χ2v) is 7.55. The lowest BCUT2D eigenvalue weighted by Gasteiger charge is -2.19. The Morgan fingerprint density at radius 2 is 2.10 bits per heavy atom. The Morgan fingerprint density at radius 3 is 2.45 bits per heavy atom. The predicted molar refractivity (Wildman–Crippen MR) is 78.0 cm³/mol. The molecular formula is C10H18N4O4S2. The highest BCUT2D eigenvalue weighted by Crippen LogP contribution is 2.36. The Bertz CT molecular complexity index is 582. The van der Waals surface area contributed by atoms with E-state index < -0.39 is 14.9 Å². The van der Waals surface area contributed by atoms with E-state index in [9.17, 15) is 18.5 Å². The molecule has 0 radical (unpaired) electrons. The Balaban J connectivity index is 3.13. The number of rotatable bonds is 7. The van der Waals surface area contributed by atoms with Crippen molar-refractivity contribution < 1.29 is 13.3 Å². The fourth-order valence-corrected chi connectivity index (χ4v) is 4.40. The van der Waals surface area contributed by atoms with Gasteiger partial charge in [0.05, 0.1) is 4.92 Å². The largest absolute Gasteiger partial charge is 0.310 e. The lowest BCUT2D eigenvalue weighted by Crippen LogP contribution is -2.37. The number of hydrazine groups is 1. The molecule has 4 N–H and O–H groups in total. The summed E-state index contributed by atoms with van der Waals surface area (Å²) in [6, 6.07) is 0.783. The van der Waals surface area contributed by atoms with E-state index >= 15 is 0 Å². The van der Waals surface area contributed by atoms with E-state index in [1.54, 1.807) is 0 Å². The van der Waals surface area contributed by atoms with E-state index in [4.69, 9.17) is 5.84 Å². The van der Waals surface area contributed by atoms with E-state index in [1.807, 2.05) is 20.8 Å². The molecule has 0 aliphatic carbocycles. The molecule has 0 aromatic carbocycles. The second-order valence-electron chi connectivity index (χ2n) is 4.56. The summed E-state index contributed by atoms with van der Waals surface area (Å²) in [5.74, 6) is 5.28. The van der Waals surface area contributed by atoms with Gasteiger partial charge in [-0.1, -0.05) is 32.1 Å². The van der Waals surface area contributed by atoms with Crippen molar-refractivity contribution in [1.29, 1.82) is 0 Å². The normalized spacial score (nSPS) is 13.4.